The maximum atomic E-state index is 12.9. The highest BCUT2D eigenvalue weighted by Gasteiger charge is 2.43. The van der Waals surface area contributed by atoms with Crippen LogP contribution in [0.25, 0.3) is 0 Å². The predicted octanol–water partition coefficient (Wildman–Crippen LogP) is 1.81. The molecule has 7 heteroatoms. The van der Waals surface area contributed by atoms with Gasteiger partial charge in [-0.15, -0.1) is 0 Å². The molecule has 1 aliphatic rings. The summed E-state index contributed by atoms with van der Waals surface area (Å²) in [6, 6.07) is 9.76. The number of imide groups is 1. The molecule has 106 valence electrons. The lowest BCUT2D eigenvalue weighted by Gasteiger charge is -2.14. The summed E-state index contributed by atoms with van der Waals surface area (Å²) in [6.45, 7) is 0. The second-order valence-corrected chi connectivity index (χ2v) is 6.17. The van der Waals surface area contributed by atoms with Gasteiger partial charge in [0.15, 0.2) is 0 Å². The number of carbonyl (C=O) groups is 2. The summed E-state index contributed by atoms with van der Waals surface area (Å²) in [7, 11) is -4.35. The Labute approximate surface area is 119 Å². The van der Waals surface area contributed by atoms with E-state index in [4.69, 9.17) is 0 Å². The average Bonchev–Trinajstić information content (AvgIpc) is 2.72. The number of rotatable bonds is 2. The Morgan fingerprint density at radius 2 is 1.29 bits per heavy atom. The molecule has 0 unspecified atom stereocenters. The van der Waals surface area contributed by atoms with E-state index in [1.54, 1.807) is 0 Å². The Balaban J connectivity index is 2.12. The average molecular weight is 305 g/mol. The van der Waals surface area contributed by atoms with E-state index >= 15 is 0 Å². The highest BCUT2D eigenvalue weighted by molar-refractivity contribution is 7.90. The van der Waals surface area contributed by atoms with Gasteiger partial charge in [-0.05, 0) is 36.4 Å². The molecular weight excluding hydrogens is 297 g/mol. The van der Waals surface area contributed by atoms with Crippen molar-refractivity contribution in [3.8, 4) is 0 Å². The van der Waals surface area contributed by atoms with Crippen LogP contribution in [0.3, 0.4) is 0 Å². The van der Waals surface area contributed by atoms with E-state index in [-0.39, 0.29) is 20.3 Å². The molecule has 0 fully saturated rings. The van der Waals surface area contributed by atoms with Crippen LogP contribution < -0.4 is 0 Å². The zero-order valence-corrected chi connectivity index (χ0v) is 11.3. The van der Waals surface area contributed by atoms with Crippen molar-refractivity contribution in [2.75, 3.05) is 0 Å². The zero-order valence-electron chi connectivity index (χ0n) is 10.5. The fourth-order valence-corrected chi connectivity index (χ4v) is 3.42. The van der Waals surface area contributed by atoms with Gasteiger partial charge in [-0.3, -0.25) is 9.59 Å². The van der Waals surface area contributed by atoms with E-state index in [0.29, 0.717) is 0 Å². The number of hydrogen-bond donors (Lipinski definition) is 0. The van der Waals surface area contributed by atoms with Crippen molar-refractivity contribution < 1.29 is 22.4 Å². The van der Waals surface area contributed by atoms with E-state index < -0.39 is 27.7 Å². The summed E-state index contributed by atoms with van der Waals surface area (Å²) in [4.78, 5) is 24.0. The lowest BCUT2D eigenvalue weighted by Crippen LogP contribution is -2.36. The molecule has 0 aliphatic carbocycles. The molecule has 2 aromatic carbocycles. The molecule has 0 aromatic heterocycles. The summed E-state index contributed by atoms with van der Waals surface area (Å²) >= 11 is 0. The molecule has 5 nitrogen and oxygen atoms in total. The molecule has 0 saturated carbocycles. The van der Waals surface area contributed by atoms with Gasteiger partial charge in [0, 0.05) is 0 Å². The second kappa shape index (κ2) is 4.49. The molecule has 0 radical (unpaired) electrons. The number of nitrogens with zero attached hydrogens (tertiary/aromatic N) is 1. The van der Waals surface area contributed by atoms with Crippen LogP contribution in [-0.2, 0) is 10.0 Å². The predicted molar refractivity (Wildman–Crippen MR) is 70.5 cm³/mol. The first kappa shape index (κ1) is 13.4. The van der Waals surface area contributed by atoms with Crippen LogP contribution in [0.15, 0.2) is 53.4 Å². The summed E-state index contributed by atoms with van der Waals surface area (Å²) in [6.07, 6.45) is 0. The normalized spacial score (nSPS) is 14.4. The number of sulfonamides is 1. The van der Waals surface area contributed by atoms with Crippen LogP contribution in [0.2, 0.25) is 0 Å². The van der Waals surface area contributed by atoms with Gasteiger partial charge < -0.3 is 0 Å². The molecule has 0 atom stereocenters. The van der Waals surface area contributed by atoms with Gasteiger partial charge in [-0.25, -0.2) is 12.8 Å². The molecule has 0 spiro atoms. The van der Waals surface area contributed by atoms with Crippen LogP contribution in [0.4, 0.5) is 4.39 Å². The minimum absolute atomic E-state index is 0.0354. The first-order chi connectivity index (χ1) is 9.93. The van der Waals surface area contributed by atoms with E-state index in [1.807, 2.05) is 0 Å². The van der Waals surface area contributed by atoms with Crippen molar-refractivity contribution in [3.05, 3.63) is 65.5 Å². The Bertz CT molecular complexity index is 824. The van der Waals surface area contributed by atoms with Crippen LogP contribution in [0.1, 0.15) is 20.7 Å². The molecule has 2 amide bonds. The third-order valence-corrected chi connectivity index (χ3v) is 4.79. The smallest absolute Gasteiger partial charge is 0.267 e. The van der Waals surface area contributed by atoms with E-state index in [1.165, 1.54) is 24.3 Å². The molecule has 2 aromatic rings. The molecule has 0 saturated heterocycles. The van der Waals surface area contributed by atoms with Crippen molar-refractivity contribution in [1.29, 1.82) is 0 Å². The maximum Gasteiger partial charge on any atom is 0.275 e. The molecule has 1 heterocycles. The van der Waals surface area contributed by atoms with E-state index in [2.05, 4.69) is 0 Å². The third kappa shape index (κ3) is 1.93. The van der Waals surface area contributed by atoms with Crippen LogP contribution in [-0.4, -0.2) is 24.5 Å². The van der Waals surface area contributed by atoms with Crippen molar-refractivity contribution >= 4 is 21.8 Å². The Kier molecular flexibility index (Phi) is 2.87. The molecule has 21 heavy (non-hydrogen) atoms. The van der Waals surface area contributed by atoms with Gasteiger partial charge in [0.1, 0.15) is 5.82 Å². The van der Waals surface area contributed by atoms with Crippen LogP contribution >= 0.6 is 0 Å². The molecule has 0 bridgehead atoms. The molecule has 0 N–H and O–H groups in total. The summed E-state index contributed by atoms with van der Waals surface area (Å²) in [5, 5.41) is 0. The Hall–Kier alpha value is -2.54. The Morgan fingerprint density at radius 1 is 0.810 bits per heavy atom. The van der Waals surface area contributed by atoms with Gasteiger partial charge in [0.25, 0.3) is 21.8 Å². The van der Waals surface area contributed by atoms with Crippen LogP contribution in [0.5, 0.6) is 0 Å². The first-order valence-corrected chi connectivity index (χ1v) is 7.35. The summed E-state index contributed by atoms with van der Waals surface area (Å²) < 4.78 is 37.9. The minimum Gasteiger partial charge on any atom is -0.267 e. The SMILES string of the molecule is O=C1c2ccccc2C(=O)N1S(=O)(=O)c1ccc(F)cc1. The quantitative estimate of drug-likeness (QED) is 0.793. The highest BCUT2D eigenvalue weighted by Crippen LogP contribution is 2.28. The number of benzene rings is 2. The molecule has 3 rings (SSSR count). The standard InChI is InChI=1S/C14H8FNO4S/c15-9-5-7-10(8-6-9)21(19,20)16-13(17)11-3-1-2-4-12(11)14(16)18/h1-8H. The van der Waals surface area contributed by atoms with Gasteiger partial charge >= 0.3 is 0 Å². The van der Waals surface area contributed by atoms with Crippen LogP contribution in [0, 0.1) is 5.82 Å². The van der Waals surface area contributed by atoms with Crippen molar-refractivity contribution in [3.63, 3.8) is 0 Å². The largest absolute Gasteiger partial charge is 0.275 e. The fraction of sp³-hybridized carbons (Fsp3) is 0. The maximum absolute atomic E-state index is 12.9. The summed E-state index contributed by atoms with van der Waals surface area (Å²) in [5.41, 5.74) is 0.0707. The minimum atomic E-state index is -4.35. The first-order valence-electron chi connectivity index (χ1n) is 5.91. The van der Waals surface area contributed by atoms with Crippen molar-refractivity contribution in [2.45, 2.75) is 4.90 Å². The lowest BCUT2D eigenvalue weighted by molar-refractivity contribution is 0.0765. The summed E-state index contributed by atoms with van der Waals surface area (Å²) in [5.74, 6) is -2.42. The topological polar surface area (TPSA) is 71.5 Å². The molecule has 1 aliphatic heterocycles. The highest BCUT2D eigenvalue weighted by atomic mass is 32.2. The van der Waals surface area contributed by atoms with Crippen molar-refractivity contribution in [2.24, 2.45) is 0 Å². The third-order valence-electron chi connectivity index (χ3n) is 3.11. The van der Waals surface area contributed by atoms with Gasteiger partial charge in [-0.1, -0.05) is 12.1 Å². The monoisotopic (exact) mass is 305 g/mol. The van der Waals surface area contributed by atoms with E-state index in [0.717, 1.165) is 24.3 Å². The zero-order chi connectivity index (χ0) is 15.2. The van der Waals surface area contributed by atoms with Gasteiger partial charge in [-0.2, -0.15) is 4.31 Å². The number of halogens is 1. The van der Waals surface area contributed by atoms with Crippen molar-refractivity contribution in [1.82, 2.24) is 4.31 Å². The number of carbonyl (C=O) groups excluding carboxylic acids is 2. The number of fused-ring (bicyclic) bond motifs is 1. The van der Waals surface area contributed by atoms with E-state index in [9.17, 15) is 22.4 Å². The number of amides is 2. The van der Waals surface area contributed by atoms with Gasteiger partial charge in [0.05, 0.1) is 16.0 Å². The van der Waals surface area contributed by atoms with Gasteiger partial charge in [0.2, 0.25) is 0 Å². The fourth-order valence-electron chi connectivity index (χ4n) is 2.10. The molecular formula is C14H8FNO4S. The number of hydrogen-bond acceptors (Lipinski definition) is 4. The lowest BCUT2D eigenvalue weighted by atomic mass is 10.1. The Morgan fingerprint density at radius 3 is 1.76 bits per heavy atom. The second-order valence-electron chi connectivity index (χ2n) is 4.38.